The summed E-state index contributed by atoms with van der Waals surface area (Å²) in [5.41, 5.74) is -0.270. The summed E-state index contributed by atoms with van der Waals surface area (Å²) < 4.78 is 0. The first-order valence-electron chi connectivity index (χ1n) is 9.08. The van der Waals surface area contributed by atoms with E-state index in [2.05, 4.69) is 10.6 Å². The van der Waals surface area contributed by atoms with Crippen molar-refractivity contribution in [2.45, 2.75) is 49.0 Å². The second-order valence-corrected chi connectivity index (χ2v) is 7.83. The van der Waals surface area contributed by atoms with Gasteiger partial charge < -0.3 is 10.6 Å². The Morgan fingerprint density at radius 1 is 1.22 bits per heavy atom. The maximum absolute atomic E-state index is 12.9. The van der Waals surface area contributed by atoms with Crippen molar-refractivity contribution in [3.63, 3.8) is 0 Å². The minimum Gasteiger partial charge on any atom is -0.324 e. The molecule has 4 amide bonds. The van der Waals surface area contributed by atoms with E-state index in [9.17, 15) is 14.4 Å². The van der Waals surface area contributed by atoms with E-state index in [1.54, 1.807) is 12.1 Å². The standard InChI is InChI=1S/C19H22N4O3S/c20-11-12-27-15-8-4-3-7-14(15)21-16(24)13-23-17(25)19(22-18(23)26)9-5-1-2-6-10-19/h3-4,7-8H,1-2,5-6,9-10,12-13H2,(H,21,24)(H,22,26). The number of para-hydroxylation sites is 1. The summed E-state index contributed by atoms with van der Waals surface area (Å²) in [7, 11) is 0. The summed E-state index contributed by atoms with van der Waals surface area (Å²) >= 11 is 1.32. The van der Waals surface area contributed by atoms with Crippen LogP contribution >= 0.6 is 11.8 Å². The third-order valence-corrected chi connectivity index (χ3v) is 5.90. The van der Waals surface area contributed by atoms with Gasteiger partial charge in [-0.3, -0.25) is 14.5 Å². The fourth-order valence-electron chi connectivity index (χ4n) is 3.63. The number of carbonyl (C=O) groups is 3. The molecule has 8 heteroatoms. The van der Waals surface area contributed by atoms with Gasteiger partial charge in [-0.2, -0.15) is 5.26 Å². The normalized spacial score (nSPS) is 18.7. The van der Waals surface area contributed by atoms with Crippen molar-refractivity contribution >= 4 is 35.3 Å². The zero-order valence-electron chi connectivity index (χ0n) is 15.0. The van der Waals surface area contributed by atoms with E-state index in [1.165, 1.54) is 11.8 Å². The topological polar surface area (TPSA) is 102 Å². The maximum atomic E-state index is 12.9. The van der Waals surface area contributed by atoms with Crippen LogP contribution in [0.25, 0.3) is 0 Å². The van der Waals surface area contributed by atoms with Crippen molar-refractivity contribution in [3.05, 3.63) is 24.3 Å². The molecule has 1 saturated carbocycles. The molecule has 1 saturated heterocycles. The Labute approximate surface area is 162 Å². The quantitative estimate of drug-likeness (QED) is 0.598. The lowest BCUT2D eigenvalue weighted by Crippen LogP contribution is -2.47. The molecule has 0 unspecified atom stereocenters. The monoisotopic (exact) mass is 386 g/mol. The first-order valence-corrected chi connectivity index (χ1v) is 10.1. The number of thioether (sulfide) groups is 1. The number of rotatable bonds is 5. The van der Waals surface area contributed by atoms with Crippen LogP contribution in [0.15, 0.2) is 29.2 Å². The van der Waals surface area contributed by atoms with Crippen molar-refractivity contribution < 1.29 is 14.4 Å². The van der Waals surface area contributed by atoms with Gasteiger partial charge in [0, 0.05) is 4.90 Å². The summed E-state index contributed by atoms with van der Waals surface area (Å²) in [5, 5.41) is 14.3. The molecule has 2 aliphatic rings. The highest BCUT2D eigenvalue weighted by atomic mass is 32.2. The molecule has 1 aromatic rings. The van der Waals surface area contributed by atoms with Crippen LogP contribution in [-0.4, -0.2) is 40.6 Å². The predicted octanol–water partition coefficient (Wildman–Crippen LogP) is 2.89. The Bertz CT molecular complexity index is 781. The molecule has 1 aliphatic carbocycles. The van der Waals surface area contributed by atoms with Gasteiger partial charge in [0.2, 0.25) is 5.91 Å². The minimum atomic E-state index is -0.839. The summed E-state index contributed by atoms with van der Waals surface area (Å²) in [4.78, 5) is 39.5. The molecule has 0 bridgehead atoms. The van der Waals surface area contributed by atoms with Crippen LogP contribution in [0.3, 0.4) is 0 Å². The van der Waals surface area contributed by atoms with Gasteiger partial charge in [-0.1, -0.05) is 37.8 Å². The van der Waals surface area contributed by atoms with E-state index in [0.29, 0.717) is 18.5 Å². The van der Waals surface area contributed by atoms with E-state index >= 15 is 0 Å². The smallest absolute Gasteiger partial charge is 0.324 e. The zero-order chi connectivity index (χ0) is 19.3. The SMILES string of the molecule is N#CCSc1ccccc1NC(=O)CN1C(=O)NC2(CCCCCC2)C1=O. The largest absolute Gasteiger partial charge is 0.325 e. The van der Waals surface area contributed by atoms with E-state index in [4.69, 9.17) is 5.26 Å². The van der Waals surface area contributed by atoms with E-state index < -0.39 is 17.5 Å². The lowest BCUT2D eigenvalue weighted by Gasteiger charge is -2.24. The van der Waals surface area contributed by atoms with Gasteiger partial charge in [-0.25, -0.2) is 4.79 Å². The van der Waals surface area contributed by atoms with Crippen LogP contribution in [0.1, 0.15) is 38.5 Å². The molecular formula is C19H22N4O3S. The Kier molecular flexibility index (Phi) is 6.01. The third-order valence-electron chi connectivity index (χ3n) is 4.96. The molecule has 0 radical (unpaired) electrons. The van der Waals surface area contributed by atoms with Crippen LogP contribution in [0.2, 0.25) is 0 Å². The maximum Gasteiger partial charge on any atom is 0.325 e. The highest BCUT2D eigenvalue weighted by molar-refractivity contribution is 7.99. The highest BCUT2D eigenvalue weighted by Crippen LogP contribution is 2.33. The van der Waals surface area contributed by atoms with Crippen LogP contribution in [-0.2, 0) is 9.59 Å². The molecule has 27 heavy (non-hydrogen) atoms. The summed E-state index contributed by atoms with van der Waals surface area (Å²) in [6.45, 7) is -0.316. The number of nitriles is 1. The molecule has 2 fully saturated rings. The summed E-state index contributed by atoms with van der Waals surface area (Å²) in [6.07, 6.45) is 5.17. The minimum absolute atomic E-state index is 0.266. The summed E-state index contributed by atoms with van der Waals surface area (Å²) in [5.74, 6) is -0.464. The second-order valence-electron chi connectivity index (χ2n) is 6.81. The lowest BCUT2D eigenvalue weighted by molar-refractivity contribution is -0.134. The molecule has 1 heterocycles. The van der Waals surface area contributed by atoms with Crippen molar-refractivity contribution in [2.24, 2.45) is 0 Å². The summed E-state index contributed by atoms with van der Waals surface area (Å²) in [6, 6.07) is 8.70. The number of carbonyl (C=O) groups excluding carboxylic acids is 3. The van der Waals surface area contributed by atoms with Gasteiger partial charge in [0.1, 0.15) is 12.1 Å². The number of urea groups is 1. The number of benzene rings is 1. The fourth-order valence-corrected chi connectivity index (χ4v) is 4.30. The molecule has 0 atom stereocenters. The molecule has 1 spiro atoms. The first kappa shape index (κ1) is 19.2. The van der Waals surface area contributed by atoms with E-state index in [0.717, 1.165) is 35.5 Å². The molecule has 3 rings (SSSR count). The number of imide groups is 1. The van der Waals surface area contributed by atoms with Crippen molar-refractivity contribution in [3.8, 4) is 6.07 Å². The average molecular weight is 386 g/mol. The molecule has 142 valence electrons. The zero-order valence-corrected chi connectivity index (χ0v) is 15.8. The Hall–Kier alpha value is -2.53. The molecule has 0 aromatic heterocycles. The number of amides is 4. The van der Waals surface area contributed by atoms with Crippen molar-refractivity contribution in [1.29, 1.82) is 5.26 Å². The molecule has 7 nitrogen and oxygen atoms in total. The first-order chi connectivity index (χ1) is 13.1. The van der Waals surface area contributed by atoms with E-state index in [-0.39, 0.29) is 18.2 Å². The van der Waals surface area contributed by atoms with Crippen molar-refractivity contribution in [2.75, 3.05) is 17.6 Å². The second kappa shape index (κ2) is 8.44. The van der Waals surface area contributed by atoms with Gasteiger partial charge in [0.15, 0.2) is 0 Å². The highest BCUT2D eigenvalue weighted by Gasteiger charge is 2.51. The Balaban J connectivity index is 1.67. The number of hydrogen-bond donors (Lipinski definition) is 2. The predicted molar refractivity (Wildman–Crippen MR) is 102 cm³/mol. The van der Waals surface area contributed by atoms with Crippen LogP contribution in [0.4, 0.5) is 10.5 Å². The van der Waals surface area contributed by atoms with Gasteiger partial charge in [-0.15, -0.1) is 11.8 Å². The molecular weight excluding hydrogens is 364 g/mol. The molecule has 2 N–H and O–H groups in total. The Morgan fingerprint density at radius 3 is 2.63 bits per heavy atom. The van der Waals surface area contributed by atoms with Gasteiger partial charge in [0.05, 0.1) is 17.5 Å². The number of anilines is 1. The lowest BCUT2D eigenvalue weighted by atomic mass is 9.90. The van der Waals surface area contributed by atoms with Crippen LogP contribution < -0.4 is 10.6 Å². The van der Waals surface area contributed by atoms with Gasteiger partial charge >= 0.3 is 6.03 Å². The molecule has 1 aromatic carbocycles. The van der Waals surface area contributed by atoms with Crippen LogP contribution in [0.5, 0.6) is 0 Å². The number of hydrogen-bond acceptors (Lipinski definition) is 5. The van der Waals surface area contributed by atoms with Gasteiger partial charge in [0.25, 0.3) is 5.91 Å². The Morgan fingerprint density at radius 2 is 1.93 bits per heavy atom. The third kappa shape index (κ3) is 4.25. The van der Waals surface area contributed by atoms with Crippen molar-refractivity contribution in [1.82, 2.24) is 10.2 Å². The fraction of sp³-hybridized carbons (Fsp3) is 0.474. The number of nitrogens with zero attached hydrogens (tertiary/aromatic N) is 2. The van der Waals surface area contributed by atoms with E-state index in [1.807, 2.05) is 18.2 Å². The average Bonchev–Trinajstić information content (AvgIpc) is 2.83. The molecule has 1 aliphatic heterocycles. The number of nitrogens with one attached hydrogen (secondary N) is 2. The van der Waals surface area contributed by atoms with Gasteiger partial charge in [-0.05, 0) is 25.0 Å². The van der Waals surface area contributed by atoms with Crippen LogP contribution in [0, 0.1) is 11.3 Å².